The number of benzene rings is 1. The standard InChI is InChI=1S/C13H20NO5P/c1-4-12(20(16,17-2)18-3)14-13(15)19-10-11-8-6-5-7-9-11/h5-9,12H,4,10H2,1-3H3,(H,14,15)/t12-/m0/s1. The number of nitrogens with one attached hydrogen (secondary N) is 1. The van der Waals surface area contributed by atoms with Crippen LogP contribution in [0.4, 0.5) is 4.79 Å². The van der Waals surface area contributed by atoms with Gasteiger partial charge in [-0.3, -0.25) is 4.57 Å². The number of carbonyl (C=O) groups is 1. The molecule has 0 radical (unpaired) electrons. The highest BCUT2D eigenvalue weighted by Gasteiger charge is 2.34. The van der Waals surface area contributed by atoms with Crippen LogP contribution >= 0.6 is 7.60 Å². The van der Waals surface area contributed by atoms with Crippen LogP contribution in [0.3, 0.4) is 0 Å². The third kappa shape index (κ3) is 4.63. The molecule has 0 aromatic heterocycles. The van der Waals surface area contributed by atoms with Crippen molar-refractivity contribution in [2.24, 2.45) is 0 Å². The van der Waals surface area contributed by atoms with Crippen molar-refractivity contribution in [3.8, 4) is 0 Å². The van der Waals surface area contributed by atoms with Crippen LogP contribution in [0.25, 0.3) is 0 Å². The highest BCUT2D eigenvalue weighted by Crippen LogP contribution is 2.51. The minimum absolute atomic E-state index is 0.146. The number of rotatable bonds is 7. The molecule has 0 aliphatic heterocycles. The fourth-order valence-electron chi connectivity index (χ4n) is 1.63. The van der Waals surface area contributed by atoms with Gasteiger partial charge in [0.25, 0.3) is 0 Å². The van der Waals surface area contributed by atoms with Gasteiger partial charge in [-0.05, 0) is 12.0 Å². The van der Waals surface area contributed by atoms with Crippen LogP contribution < -0.4 is 5.32 Å². The fourth-order valence-corrected chi connectivity index (χ4v) is 3.00. The number of carbonyl (C=O) groups excluding carboxylic acids is 1. The molecule has 0 fully saturated rings. The molecule has 6 nitrogen and oxygen atoms in total. The van der Waals surface area contributed by atoms with E-state index in [0.717, 1.165) is 5.56 Å². The minimum atomic E-state index is -3.35. The topological polar surface area (TPSA) is 73.9 Å². The van der Waals surface area contributed by atoms with E-state index in [1.54, 1.807) is 6.92 Å². The molecule has 1 aromatic rings. The summed E-state index contributed by atoms with van der Waals surface area (Å²) in [4.78, 5) is 11.7. The first kappa shape index (κ1) is 16.7. The van der Waals surface area contributed by atoms with E-state index in [9.17, 15) is 9.36 Å². The van der Waals surface area contributed by atoms with E-state index >= 15 is 0 Å². The van der Waals surface area contributed by atoms with Gasteiger partial charge >= 0.3 is 13.7 Å². The van der Waals surface area contributed by atoms with E-state index < -0.39 is 19.5 Å². The molecule has 0 heterocycles. The zero-order valence-corrected chi connectivity index (χ0v) is 12.8. The summed E-state index contributed by atoms with van der Waals surface area (Å²) in [5.74, 6) is -0.735. The molecule has 1 rings (SSSR count). The van der Waals surface area contributed by atoms with E-state index in [4.69, 9.17) is 13.8 Å². The largest absolute Gasteiger partial charge is 0.445 e. The van der Waals surface area contributed by atoms with Gasteiger partial charge in [-0.15, -0.1) is 0 Å². The maximum atomic E-state index is 12.2. The Morgan fingerprint density at radius 3 is 2.35 bits per heavy atom. The van der Waals surface area contributed by atoms with Gasteiger partial charge in [0.2, 0.25) is 0 Å². The van der Waals surface area contributed by atoms with Gasteiger partial charge in [0.1, 0.15) is 12.4 Å². The van der Waals surface area contributed by atoms with Crippen molar-refractivity contribution in [1.29, 1.82) is 0 Å². The monoisotopic (exact) mass is 301 g/mol. The number of ether oxygens (including phenoxy) is 1. The first-order valence-corrected chi connectivity index (χ1v) is 7.85. The maximum Gasteiger partial charge on any atom is 0.408 e. The molecule has 1 amide bonds. The summed E-state index contributed by atoms with van der Waals surface area (Å²) in [7, 11) is -0.789. The summed E-state index contributed by atoms with van der Waals surface area (Å²) in [5.41, 5.74) is 0.873. The molecule has 1 N–H and O–H groups in total. The Labute approximate surface area is 119 Å². The summed E-state index contributed by atoms with van der Waals surface area (Å²) < 4.78 is 27.0. The molecule has 7 heteroatoms. The van der Waals surface area contributed by atoms with Crippen molar-refractivity contribution in [3.05, 3.63) is 35.9 Å². The third-order valence-electron chi connectivity index (χ3n) is 2.77. The summed E-state index contributed by atoms with van der Waals surface area (Å²) in [6.07, 6.45) is -0.255. The molecule has 0 unspecified atom stereocenters. The number of alkyl carbamates (subject to hydrolysis) is 1. The summed E-state index contributed by atoms with van der Waals surface area (Å²) in [5, 5.41) is 2.51. The molecular weight excluding hydrogens is 281 g/mol. The van der Waals surface area contributed by atoms with Crippen molar-refractivity contribution in [2.75, 3.05) is 14.2 Å². The average molecular weight is 301 g/mol. The first-order chi connectivity index (χ1) is 9.55. The van der Waals surface area contributed by atoms with Gasteiger partial charge < -0.3 is 19.1 Å². The highest BCUT2D eigenvalue weighted by atomic mass is 31.2. The Kier molecular flexibility index (Phi) is 6.71. The Balaban J connectivity index is 2.54. The zero-order chi connectivity index (χ0) is 15.0. The quantitative estimate of drug-likeness (QED) is 0.783. The molecule has 0 aliphatic carbocycles. The number of hydrogen-bond acceptors (Lipinski definition) is 5. The first-order valence-electron chi connectivity index (χ1n) is 6.24. The van der Waals surface area contributed by atoms with Gasteiger partial charge in [0.05, 0.1) is 0 Å². The molecule has 0 bridgehead atoms. The van der Waals surface area contributed by atoms with Crippen LogP contribution in [-0.2, 0) is 25.0 Å². The van der Waals surface area contributed by atoms with Crippen LogP contribution in [0.2, 0.25) is 0 Å². The Hall–Kier alpha value is -1.36. The predicted molar refractivity (Wildman–Crippen MR) is 75.5 cm³/mol. The Morgan fingerprint density at radius 2 is 1.85 bits per heavy atom. The van der Waals surface area contributed by atoms with Crippen molar-refractivity contribution >= 4 is 13.7 Å². The SMILES string of the molecule is CC[C@@H](NC(=O)OCc1ccccc1)P(=O)(OC)OC. The summed E-state index contributed by atoms with van der Waals surface area (Å²) >= 11 is 0. The van der Waals surface area contributed by atoms with Gasteiger partial charge in [-0.1, -0.05) is 37.3 Å². The van der Waals surface area contributed by atoms with Crippen molar-refractivity contribution < 1.29 is 23.1 Å². The van der Waals surface area contributed by atoms with E-state index in [2.05, 4.69) is 5.32 Å². The molecule has 0 spiro atoms. The molecule has 0 aliphatic rings. The van der Waals surface area contributed by atoms with E-state index in [1.165, 1.54) is 14.2 Å². The summed E-state index contributed by atoms with van der Waals surface area (Å²) in [6.45, 7) is 1.92. The second-order valence-corrected chi connectivity index (χ2v) is 6.47. The van der Waals surface area contributed by atoms with E-state index in [0.29, 0.717) is 6.42 Å². The lowest BCUT2D eigenvalue weighted by molar-refractivity contribution is 0.136. The van der Waals surface area contributed by atoms with Crippen LogP contribution in [0, 0.1) is 0 Å². The molecule has 0 saturated carbocycles. The van der Waals surface area contributed by atoms with Gasteiger partial charge in [-0.25, -0.2) is 4.79 Å². The molecular formula is C13H20NO5P. The average Bonchev–Trinajstić information content (AvgIpc) is 2.50. The predicted octanol–water partition coefficient (Wildman–Crippen LogP) is 3.13. The van der Waals surface area contributed by atoms with Crippen LogP contribution in [0.1, 0.15) is 18.9 Å². The van der Waals surface area contributed by atoms with Gasteiger partial charge in [0.15, 0.2) is 0 Å². The van der Waals surface area contributed by atoms with Crippen LogP contribution in [0.5, 0.6) is 0 Å². The molecule has 20 heavy (non-hydrogen) atoms. The second-order valence-electron chi connectivity index (χ2n) is 4.04. The van der Waals surface area contributed by atoms with Gasteiger partial charge in [-0.2, -0.15) is 0 Å². The van der Waals surface area contributed by atoms with Crippen molar-refractivity contribution in [3.63, 3.8) is 0 Å². The molecule has 1 atom stereocenters. The highest BCUT2D eigenvalue weighted by molar-refractivity contribution is 7.54. The van der Waals surface area contributed by atoms with E-state index in [-0.39, 0.29) is 6.61 Å². The van der Waals surface area contributed by atoms with Crippen molar-refractivity contribution in [1.82, 2.24) is 5.32 Å². The second kappa shape index (κ2) is 8.04. The van der Waals surface area contributed by atoms with Crippen molar-refractivity contribution in [2.45, 2.75) is 25.7 Å². The third-order valence-corrected chi connectivity index (χ3v) is 5.05. The number of amides is 1. The van der Waals surface area contributed by atoms with Crippen LogP contribution in [0.15, 0.2) is 30.3 Å². The fraction of sp³-hybridized carbons (Fsp3) is 0.462. The Bertz CT molecular complexity index is 457. The normalized spacial score (nSPS) is 12.8. The van der Waals surface area contributed by atoms with E-state index in [1.807, 2.05) is 30.3 Å². The molecule has 1 aromatic carbocycles. The maximum absolute atomic E-state index is 12.2. The zero-order valence-electron chi connectivity index (χ0n) is 11.9. The number of hydrogen-bond donors (Lipinski definition) is 1. The lowest BCUT2D eigenvalue weighted by Crippen LogP contribution is -2.35. The molecule has 112 valence electrons. The Morgan fingerprint density at radius 1 is 1.25 bits per heavy atom. The lowest BCUT2D eigenvalue weighted by Gasteiger charge is -2.23. The molecule has 0 saturated heterocycles. The van der Waals surface area contributed by atoms with Crippen LogP contribution in [-0.4, -0.2) is 26.1 Å². The lowest BCUT2D eigenvalue weighted by atomic mass is 10.2. The van der Waals surface area contributed by atoms with Gasteiger partial charge in [0, 0.05) is 14.2 Å². The minimum Gasteiger partial charge on any atom is -0.445 e. The smallest absolute Gasteiger partial charge is 0.408 e. The summed E-state index contributed by atoms with van der Waals surface area (Å²) in [6, 6.07) is 9.29.